The standard InChI is InChI=1S/C16H10BrIN2O4/c1-8-6-9(17)2-4-12(8)20-15(22)11(14(21)19-16(20)23)7-10-3-5-13(18)24-10/h2-7H,1H3,(H,19,21,23)/b11-7+. The zero-order chi connectivity index (χ0) is 17.4. The number of aryl methyl sites for hydroxylation is 1. The number of hydrogen-bond donors (Lipinski definition) is 1. The van der Waals surface area contributed by atoms with Gasteiger partial charge in [-0.2, -0.15) is 0 Å². The quantitative estimate of drug-likeness (QED) is 0.388. The molecule has 0 unspecified atom stereocenters. The van der Waals surface area contributed by atoms with Crippen molar-refractivity contribution in [2.75, 3.05) is 4.90 Å². The van der Waals surface area contributed by atoms with E-state index in [2.05, 4.69) is 21.2 Å². The summed E-state index contributed by atoms with van der Waals surface area (Å²) in [5.41, 5.74) is 0.963. The van der Waals surface area contributed by atoms with Gasteiger partial charge >= 0.3 is 6.03 Å². The average Bonchev–Trinajstić information content (AvgIpc) is 2.91. The van der Waals surface area contributed by atoms with Gasteiger partial charge in [0, 0.05) is 4.47 Å². The summed E-state index contributed by atoms with van der Waals surface area (Å²) in [6.07, 6.45) is 1.33. The van der Waals surface area contributed by atoms with Crippen LogP contribution >= 0.6 is 38.5 Å². The summed E-state index contributed by atoms with van der Waals surface area (Å²) >= 11 is 5.31. The molecular formula is C16H10BrIN2O4. The molecule has 0 atom stereocenters. The largest absolute Gasteiger partial charge is 0.451 e. The van der Waals surface area contributed by atoms with E-state index >= 15 is 0 Å². The van der Waals surface area contributed by atoms with Crippen LogP contribution in [0.4, 0.5) is 10.5 Å². The van der Waals surface area contributed by atoms with Crippen molar-refractivity contribution in [1.82, 2.24) is 5.32 Å². The molecule has 1 N–H and O–H groups in total. The summed E-state index contributed by atoms with van der Waals surface area (Å²) in [5.74, 6) is -1.08. The fourth-order valence-corrected chi connectivity index (χ4v) is 3.20. The molecule has 1 saturated heterocycles. The third-order valence-corrected chi connectivity index (χ3v) is 4.46. The molecule has 1 aliphatic rings. The van der Waals surface area contributed by atoms with E-state index in [1.54, 1.807) is 37.3 Å². The van der Waals surface area contributed by atoms with Crippen molar-refractivity contribution in [3.05, 3.63) is 55.5 Å². The number of halogens is 2. The van der Waals surface area contributed by atoms with E-state index in [1.165, 1.54) is 6.08 Å². The van der Waals surface area contributed by atoms with Crippen LogP contribution in [-0.4, -0.2) is 17.8 Å². The molecule has 0 saturated carbocycles. The summed E-state index contributed by atoms with van der Waals surface area (Å²) in [4.78, 5) is 37.9. The molecule has 6 nitrogen and oxygen atoms in total. The van der Waals surface area contributed by atoms with Gasteiger partial charge in [-0.25, -0.2) is 9.69 Å². The number of furan rings is 1. The molecule has 4 amide bonds. The number of carbonyl (C=O) groups excluding carboxylic acids is 3. The Morgan fingerprint density at radius 2 is 1.96 bits per heavy atom. The van der Waals surface area contributed by atoms with Crippen molar-refractivity contribution in [3.63, 3.8) is 0 Å². The number of rotatable bonds is 2. The second-order valence-electron chi connectivity index (χ2n) is 5.03. The Balaban J connectivity index is 2.04. The van der Waals surface area contributed by atoms with Gasteiger partial charge < -0.3 is 4.42 Å². The summed E-state index contributed by atoms with van der Waals surface area (Å²) in [7, 11) is 0. The van der Waals surface area contributed by atoms with E-state index in [0.717, 1.165) is 9.37 Å². The third kappa shape index (κ3) is 3.16. The van der Waals surface area contributed by atoms with Crippen LogP contribution in [0, 0.1) is 10.7 Å². The van der Waals surface area contributed by atoms with Crippen LogP contribution in [0.5, 0.6) is 0 Å². The lowest BCUT2D eigenvalue weighted by molar-refractivity contribution is -0.122. The maximum Gasteiger partial charge on any atom is 0.335 e. The highest BCUT2D eigenvalue weighted by Crippen LogP contribution is 2.27. The zero-order valence-electron chi connectivity index (χ0n) is 12.3. The van der Waals surface area contributed by atoms with Crippen molar-refractivity contribution < 1.29 is 18.8 Å². The Labute approximate surface area is 159 Å². The maximum absolute atomic E-state index is 12.7. The molecule has 24 heavy (non-hydrogen) atoms. The van der Waals surface area contributed by atoms with Crippen LogP contribution < -0.4 is 10.2 Å². The number of nitrogens with one attached hydrogen (secondary N) is 1. The van der Waals surface area contributed by atoms with E-state index in [-0.39, 0.29) is 5.57 Å². The smallest absolute Gasteiger partial charge is 0.335 e. The Morgan fingerprint density at radius 1 is 1.21 bits per heavy atom. The molecule has 3 rings (SSSR count). The minimum absolute atomic E-state index is 0.164. The number of anilines is 1. The molecule has 2 aromatic rings. The Morgan fingerprint density at radius 3 is 2.58 bits per heavy atom. The number of imide groups is 2. The highest BCUT2D eigenvalue weighted by molar-refractivity contribution is 14.1. The number of hydrogen-bond acceptors (Lipinski definition) is 4. The first-order chi connectivity index (χ1) is 11.4. The van der Waals surface area contributed by atoms with Gasteiger partial charge in [0.1, 0.15) is 11.3 Å². The summed E-state index contributed by atoms with van der Waals surface area (Å²) in [6, 6.07) is 7.71. The van der Waals surface area contributed by atoms with Crippen LogP contribution in [0.15, 0.2) is 44.8 Å². The van der Waals surface area contributed by atoms with Crippen LogP contribution in [0.1, 0.15) is 11.3 Å². The normalized spacial score (nSPS) is 16.7. The number of benzene rings is 1. The average molecular weight is 501 g/mol. The third-order valence-electron chi connectivity index (χ3n) is 3.38. The highest BCUT2D eigenvalue weighted by atomic mass is 127. The first-order valence-electron chi connectivity index (χ1n) is 6.80. The minimum atomic E-state index is -0.776. The summed E-state index contributed by atoms with van der Waals surface area (Å²) in [5, 5.41) is 2.18. The fraction of sp³-hybridized carbons (Fsp3) is 0.0625. The van der Waals surface area contributed by atoms with Crippen molar-refractivity contribution >= 4 is 68.1 Å². The van der Waals surface area contributed by atoms with E-state index in [4.69, 9.17) is 4.42 Å². The topological polar surface area (TPSA) is 79.6 Å². The first-order valence-corrected chi connectivity index (χ1v) is 8.67. The van der Waals surface area contributed by atoms with E-state index in [9.17, 15) is 14.4 Å². The highest BCUT2D eigenvalue weighted by Gasteiger charge is 2.37. The van der Waals surface area contributed by atoms with Gasteiger partial charge in [0.15, 0.2) is 3.77 Å². The number of nitrogens with zero attached hydrogens (tertiary/aromatic N) is 1. The van der Waals surface area contributed by atoms with Gasteiger partial charge in [-0.15, -0.1) is 0 Å². The lowest BCUT2D eigenvalue weighted by Gasteiger charge is -2.27. The monoisotopic (exact) mass is 500 g/mol. The fourth-order valence-electron chi connectivity index (χ4n) is 2.29. The van der Waals surface area contributed by atoms with Crippen molar-refractivity contribution in [2.24, 2.45) is 0 Å². The van der Waals surface area contributed by atoms with Gasteiger partial charge in [0.2, 0.25) is 0 Å². The minimum Gasteiger partial charge on any atom is -0.451 e. The predicted molar refractivity (Wildman–Crippen MR) is 99.3 cm³/mol. The van der Waals surface area contributed by atoms with Crippen LogP contribution in [0.25, 0.3) is 6.08 Å². The van der Waals surface area contributed by atoms with Crippen LogP contribution in [0.3, 0.4) is 0 Å². The molecule has 122 valence electrons. The molecular weight excluding hydrogens is 491 g/mol. The molecule has 0 bridgehead atoms. The molecule has 1 aromatic heterocycles. The molecule has 8 heteroatoms. The molecule has 1 aliphatic heterocycles. The van der Waals surface area contributed by atoms with Gasteiger partial charge in [-0.3, -0.25) is 14.9 Å². The zero-order valence-corrected chi connectivity index (χ0v) is 16.0. The Kier molecular flexibility index (Phi) is 4.59. The van der Waals surface area contributed by atoms with Crippen LogP contribution in [-0.2, 0) is 9.59 Å². The summed E-state index contributed by atoms with van der Waals surface area (Å²) < 4.78 is 6.81. The molecule has 1 fully saturated rings. The predicted octanol–water partition coefficient (Wildman–Crippen LogP) is 3.62. The van der Waals surface area contributed by atoms with Gasteiger partial charge in [-0.05, 0) is 71.5 Å². The number of barbiturate groups is 1. The maximum atomic E-state index is 12.7. The number of urea groups is 1. The lowest BCUT2D eigenvalue weighted by atomic mass is 10.1. The second kappa shape index (κ2) is 6.52. The Hall–Kier alpha value is -1.94. The SMILES string of the molecule is Cc1cc(Br)ccc1N1C(=O)NC(=O)/C(=C\c2ccc(I)o2)C1=O. The van der Waals surface area contributed by atoms with Gasteiger partial charge in [-0.1, -0.05) is 15.9 Å². The van der Waals surface area contributed by atoms with E-state index < -0.39 is 17.8 Å². The molecule has 0 spiro atoms. The number of amides is 4. The van der Waals surface area contributed by atoms with Crippen molar-refractivity contribution in [2.45, 2.75) is 6.92 Å². The Bertz CT molecular complexity index is 903. The lowest BCUT2D eigenvalue weighted by Crippen LogP contribution is -2.54. The first kappa shape index (κ1) is 16.9. The van der Waals surface area contributed by atoms with Gasteiger partial charge in [0.05, 0.1) is 5.69 Å². The second-order valence-corrected chi connectivity index (χ2v) is 7.01. The summed E-state index contributed by atoms with van der Waals surface area (Å²) in [6.45, 7) is 1.77. The molecule has 0 aliphatic carbocycles. The van der Waals surface area contributed by atoms with Crippen LogP contribution in [0.2, 0.25) is 0 Å². The van der Waals surface area contributed by atoms with Gasteiger partial charge in [0.25, 0.3) is 11.8 Å². The van der Waals surface area contributed by atoms with Crippen molar-refractivity contribution in [1.29, 1.82) is 0 Å². The van der Waals surface area contributed by atoms with Crippen molar-refractivity contribution in [3.8, 4) is 0 Å². The van der Waals surface area contributed by atoms with E-state index in [0.29, 0.717) is 20.8 Å². The molecule has 0 radical (unpaired) electrons. The van der Waals surface area contributed by atoms with E-state index in [1.807, 2.05) is 22.6 Å². The molecule has 1 aromatic carbocycles. The molecule has 2 heterocycles. The number of carbonyl (C=O) groups is 3.